The molecule has 1 aromatic heterocycles. The minimum Gasteiger partial charge on any atom is -0.306 e. The molecule has 0 aliphatic heterocycles. The van der Waals surface area contributed by atoms with Crippen LogP contribution in [0.2, 0.25) is 0 Å². The van der Waals surface area contributed by atoms with Crippen LogP contribution in [0.15, 0.2) is 42.6 Å². The zero-order valence-electron chi connectivity index (χ0n) is 13.6. The molecule has 2 aromatic rings. The number of pyridine rings is 1. The molecule has 1 heterocycles. The van der Waals surface area contributed by atoms with Crippen molar-refractivity contribution in [3.63, 3.8) is 0 Å². The van der Waals surface area contributed by atoms with E-state index in [1.807, 2.05) is 12.3 Å². The summed E-state index contributed by atoms with van der Waals surface area (Å²) in [5, 5.41) is 3.65. The summed E-state index contributed by atoms with van der Waals surface area (Å²) >= 11 is 0. The third-order valence-corrected chi connectivity index (χ3v) is 3.89. The average molecular weight is 282 g/mol. The highest BCUT2D eigenvalue weighted by Gasteiger charge is 2.15. The summed E-state index contributed by atoms with van der Waals surface area (Å²) in [6.07, 6.45) is 2.98. The minimum atomic E-state index is 0.222. The topological polar surface area (TPSA) is 24.9 Å². The Hall–Kier alpha value is -1.67. The molecule has 1 unspecified atom stereocenters. The Kier molecular flexibility index (Phi) is 5.51. The number of hydrogen-bond donors (Lipinski definition) is 1. The molecule has 2 nitrogen and oxygen atoms in total. The van der Waals surface area contributed by atoms with Gasteiger partial charge in [-0.3, -0.25) is 4.98 Å². The molecule has 0 saturated heterocycles. The second-order valence-corrected chi connectivity index (χ2v) is 5.89. The zero-order valence-corrected chi connectivity index (χ0v) is 13.6. The number of nitrogens with one attached hydrogen (secondary N) is 1. The molecular formula is C19H26N2. The fourth-order valence-corrected chi connectivity index (χ4v) is 2.57. The van der Waals surface area contributed by atoms with Gasteiger partial charge in [0.15, 0.2) is 0 Å². The predicted molar refractivity (Wildman–Crippen MR) is 89.6 cm³/mol. The van der Waals surface area contributed by atoms with Gasteiger partial charge in [-0.2, -0.15) is 0 Å². The third kappa shape index (κ3) is 3.92. The highest BCUT2D eigenvalue weighted by Crippen LogP contribution is 2.25. The van der Waals surface area contributed by atoms with Crippen molar-refractivity contribution in [2.24, 2.45) is 0 Å². The van der Waals surface area contributed by atoms with Crippen molar-refractivity contribution in [3.05, 3.63) is 65.0 Å². The van der Waals surface area contributed by atoms with E-state index >= 15 is 0 Å². The van der Waals surface area contributed by atoms with Gasteiger partial charge in [0.2, 0.25) is 0 Å². The van der Waals surface area contributed by atoms with Gasteiger partial charge in [-0.05, 0) is 48.6 Å². The Morgan fingerprint density at radius 2 is 1.71 bits per heavy atom. The molecule has 0 saturated carbocycles. The second-order valence-electron chi connectivity index (χ2n) is 5.89. The van der Waals surface area contributed by atoms with Gasteiger partial charge in [0.25, 0.3) is 0 Å². The van der Waals surface area contributed by atoms with Crippen LogP contribution >= 0.6 is 0 Å². The largest absolute Gasteiger partial charge is 0.306 e. The Morgan fingerprint density at radius 3 is 2.29 bits per heavy atom. The molecule has 0 spiro atoms. The second kappa shape index (κ2) is 7.37. The zero-order chi connectivity index (χ0) is 15.2. The number of aryl methyl sites for hydroxylation is 1. The van der Waals surface area contributed by atoms with Crippen LogP contribution in [-0.4, -0.2) is 11.5 Å². The number of aromatic nitrogens is 1. The molecule has 1 atom stereocenters. The fraction of sp³-hybridized carbons (Fsp3) is 0.421. The standard InChI is InChI=1S/C19H26N2/c1-5-12-21-19(18-7-6-13-20-15(18)4)17-10-8-16(9-11-17)14(2)3/h6-11,13-14,19,21H,5,12H2,1-4H3. The molecule has 112 valence electrons. The van der Waals surface area contributed by atoms with Crippen LogP contribution in [0, 0.1) is 6.92 Å². The SMILES string of the molecule is CCCNC(c1ccc(C(C)C)cc1)c1cccnc1C. The summed E-state index contributed by atoms with van der Waals surface area (Å²) in [5.41, 5.74) is 5.06. The predicted octanol–water partition coefficient (Wildman–Crippen LogP) is 4.60. The van der Waals surface area contributed by atoms with Crippen LogP contribution in [-0.2, 0) is 0 Å². The fourth-order valence-electron chi connectivity index (χ4n) is 2.57. The lowest BCUT2D eigenvalue weighted by atomic mass is 9.94. The van der Waals surface area contributed by atoms with E-state index in [2.05, 4.69) is 68.3 Å². The van der Waals surface area contributed by atoms with Crippen LogP contribution in [0.4, 0.5) is 0 Å². The maximum absolute atomic E-state index is 4.44. The van der Waals surface area contributed by atoms with E-state index in [4.69, 9.17) is 0 Å². The van der Waals surface area contributed by atoms with Crippen LogP contribution in [0.3, 0.4) is 0 Å². The van der Waals surface area contributed by atoms with Gasteiger partial charge in [0.1, 0.15) is 0 Å². The molecule has 1 N–H and O–H groups in total. The van der Waals surface area contributed by atoms with E-state index in [9.17, 15) is 0 Å². The van der Waals surface area contributed by atoms with Crippen molar-refractivity contribution in [2.45, 2.75) is 46.1 Å². The first-order chi connectivity index (χ1) is 10.1. The molecule has 0 bridgehead atoms. The van der Waals surface area contributed by atoms with Crippen molar-refractivity contribution in [1.82, 2.24) is 10.3 Å². The van der Waals surface area contributed by atoms with E-state index in [0.717, 1.165) is 18.7 Å². The molecule has 0 fully saturated rings. The summed E-state index contributed by atoms with van der Waals surface area (Å²) in [6.45, 7) is 9.74. The highest BCUT2D eigenvalue weighted by atomic mass is 14.9. The number of benzene rings is 1. The molecule has 0 amide bonds. The van der Waals surface area contributed by atoms with Gasteiger partial charge < -0.3 is 5.32 Å². The van der Waals surface area contributed by atoms with Crippen LogP contribution in [0.1, 0.15) is 61.5 Å². The maximum Gasteiger partial charge on any atom is 0.0594 e. The Balaban J connectivity index is 2.33. The van der Waals surface area contributed by atoms with E-state index in [1.165, 1.54) is 16.7 Å². The van der Waals surface area contributed by atoms with Gasteiger partial charge in [-0.25, -0.2) is 0 Å². The molecule has 2 rings (SSSR count). The summed E-state index contributed by atoms with van der Waals surface area (Å²) in [6, 6.07) is 13.4. The summed E-state index contributed by atoms with van der Waals surface area (Å²) in [7, 11) is 0. The Bertz CT molecular complexity index is 558. The Labute approximate surface area is 128 Å². The lowest BCUT2D eigenvalue weighted by Crippen LogP contribution is -2.24. The first kappa shape index (κ1) is 15.7. The highest BCUT2D eigenvalue weighted by molar-refractivity contribution is 5.35. The molecular weight excluding hydrogens is 256 g/mol. The van der Waals surface area contributed by atoms with Crippen molar-refractivity contribution >= 4 is 0 Å². The van der Waals surface area contributed by atoms with E-state index < -0.39 is 0 Å². The van der Waals surface area contributed by atoms with Gasteiger partial charge >= 0.3 is 0 Å². The number of rotatable bonds is 6. The monoisotopic (exact) mass is 282 g/mol. The van der Waals surface area contributed by atoms with Crippen molar-refractivity contribution in [1.29, 1.82) is 0 Å². The molecule has 0 aliphatic rings. The summed E-state index contributed by atoms with van der Waals surface area (Å²) in [4.78, 5) is 4.44. The van der Waals surface area contributed by atoms with Crippen LogP contribution < -0.4 is 5.32 Å². The quantitative estimate of drug-likeness (QED) is 0.837. The molecule has 0 radical (unpaired) electrons. The maximum atomic E-state index is 4.44. The van der Waals surface area contributed by atoms with Gasteiger partial charge in [-0.1, -0.05) is 51.1 Å². The Morgan fingerprint density at radius 1 is 1.05 bits per heavy atom. The van der Waals surface area contributed by atoms with Gasteiger partial charge in [-0.15, -0.1) is 0 Å². The van der Waals surface area contributed by atoms with Crippen molar-refractivity contribution in [2.75, 3.05) is 6.54 Å². The first-order valence-corrected chi connectivity index (χ1v) is 7.88. The normalized spacial score (nSPS) is 12.6. The number of hydrogen-bond acceptors (Lipinski definition) is 2. The van der Waals surface area contributed by atoms with Crippen LogP contribution in [0.5, 0.6) is 0 Å². The molecule has 0 aliphatic carbocycles. The molecule has 21 heavy (non-hydrogen) atoms. The molecule has 1 aromatic carbocycles. The number of nitrogens with zero attached hydrogens (tertiary/aromatic N) is 1. The minimum absolute atomic E-state index is 0.222. The smallest absolute Gasteiger partial charge is 0.0594 e. The van der Waals surface area contributed by atoms with Crippen LogP contribution in [0.25, 0.3) is 0 Å². The first-order valence-electron chi connectivity index (χ1n) is 7.88. The lowest BCUT2D eigenvalue weighted by molar-refractivity contribution is 0.594. The molecule has 2 heteroatoms. The van der Waals surface area contributed by atoms with E-state index in [1.54, 1.807) is 0 Å². The van der Waals surface area contributed by atoms with E-state index in [-0.39, 0.29) is 6.04 Å². The van der Waals surface area contributed by atoms with Crippen molar-refractivity contribution < 1.29 is 0 Å². The lowest BCUT2D eigenvalue weighted by Gasteiger charge is -2.21. The van der Waals surface area contributed by atoms with Crippen molar-refractivity contribution in [3.8, 4) is 0 Å². The summed E-state index contributed by atoms with van der Waals surface area (Å²) < 4.78 is 0. The van der Waals surface area contributed by atoms with Gasteiger partial charge in [0, 0.05) is 11.9 Å². The summed E-state index contributed by atoms with van der Waals surface area (Å²) in [5.74, 6) is 0.571. The average Bonchev–Trinajstić information content (AvgIpc) is 2.50. The third-order valence-electron chi connectivity index (χ3n) is 3.89. The van der Waals surface area contributed by atoms with E-state index in [0.29, 0.717) is 5.92 Å². The van der Waals surface area contributed by atoms with Gasteiger partial charge in [0.05, 0.1) is 6.04 Å².